The molecule has 3 atom stereocenters. The van der Waals surface area contributed by atoms with Crippen molar-refractivity contribution in [2.45, 2.75) is 50.0 Å². The topological polar surface area (TPSA) is 66.8 Å². The molecule has 2 aliphatic rings. The predicted molar refractivity (Wildman–Crippen MR) is 111 cm³/mol. The Morgan fingerprint density at radius 1 is 0.929 bits per heavy atom. The number of hydrogen-bond donors (Lipinski definition) is 1. The molecule has 2 heterocycles. The minimum atomic E-state index is -3.67. The molecule has 152 valence electrons. The quantitative estimate of drug-likeness (QED) is 0.784. The van der Waals surface area contributed by atoms with Crippen LogP contribution in [-0.4, -0.2) is 49.4 Å². The fourth-order valence-corrected chi connectivity index (χ4v) is 4.27. The summed E-state index contributed by atoms with van der Waals surface area (Å²) in [4.78, 5) is 2.57. The third-order valence-electron chi connectivity index (χ3n) is 5.59. The van der Waals surface area contributed by atoms with Crippen LogP contribution < -0.4 is 0 Å². The van der Waals surface area contributed by atoms with E-state index in [1.165, 1.54) is 36.8 Å². The van der Waals surface area contributed by atoms with Gasteiger partial charge in [-0.3, -0.25) is 4.55 Å². The van der Waals surface area contributed by atoms with Gasteiger partial charge in [0.15, 0.2) is 0 Å². The standard InChI is InChI=1S/C21H25NO.CH4O3S/c1-22-18-12-13-19(22)15-20(14-18)23-21(16-8-4-2-5-9-16)17-10-6-3-7-11-17;1-5(2,3)4/h2-11,18-21H,12-15H2,1H3;1H3,(H,2,3,4)/t18-,19?,20?;/m0./s1. The molecular weight excluding hydrogens is 374 g/mol. The summed E-state index contributed by atoms with van der Waals surface area (Å²) in [5.41, 5.74) is 2.51. The second-order valence-electron chi connectivity index (χ2n) is 7.71. The molecule has 0 spiro atoms. The molecule has 5 nitrogen and oxygen atoms in total. The highest BCUT2D eigenvalue weighted by molar-refractivity contribution is 7.85. The van der Waals surface area contributed by atoms with Crippen LogP contribution in [0.25, 0.3) is 0 Å². The van der Waals surface area contributed by atoms with Crippen molar-refractivity contribution in [2.75, 3.05) is 13.3 Å². The number of fused-ring (bicyclic) bond motifs is 2. The number of rotatable bonds is 4. The van der Waals surface area contributed by atoms with Crippen LogP contribution in [0.15, 0.2) is 60.7 Å². The SMILES string of the molecule is CN1C2CC[C@H]1CC(OC(c1ccccc1)c1ccccc1)C2.CS(=O)(=O)O. The Labute approximate surface area is 168 Å². The first kappa shape index (κ1) is 21.0. The third-order valence-corrected chi connectivity index (χ3v) is 5.59. The molecule has 2 aliphatic heterocycles. The molecule has 2 aromatic carbocycles. The molecule has 0 aliphatic carbocycles. The summed E-state index contributed by atoms with van der Waals surface area (Å²) >= 11 is 0. The molecule has 1 N–H and O–H groups in total. The van der Waals surface area contributed by atoms with E-state index >= 15 is 0 Å². The molecule has 0 aromatic heterocycles. The van der Waals surface area contributed by atoms with Gasteiger partial charge in [-0.2, -0.15) is 8.42 Å². The number of ether oxygens (including phenoxy) is 1. The van der Waals surface area contributed by atoms with E-state index in [0.29, 0.717) is 24.4 Å². The van der Waals surface area contributed by atoms with Crippen molar-refractivity contribution in [1.29, 1.82) is 0 Å². The van der Waals surface area contributed by atoms with Gasteiger partial charge in [-0.15, -0.1) is 0 Å². The lowest BCUT2D eigenvalue weighted by atomic mass is 9.97. The van der Waals surface area contributed by atoms with Gasteiger partial charge < -0.3 is 9.64 Å². The number of piperidine rings is 1. The minimum absolute atomic E-state index is 0.0465. The molecule has 2 bridgehead atoms. The van der Waals surface area contributed by atoms with Crippen LogP contribution in [0, 0.1) is 0 Å². The molecular formula is C22H29NO4S. The zero-order valence-electron chi connectivity index (χ0n) is 16.4. The Kier molecular flexibility index (Phi) is 6.88. The first-order chi connectivity index (χ1) is 13.3. The molecule has 6 heteroatoms. The fraction of sp³-hybridized carbons (Fsp3) is 0.455. The van der Waals surface area contributed by atoms with Crippen molar-refractivity contribution in [2.24, 2.45) is 0 Å². The van der Waals surface area contributed by atoms with Crippen LogP contribution in [0.1, 0.15) is 42.9 Å². The van der Waals surface area contributed by atoms with Crippen molar-refractivity contribution in [1.82, 2.24) is 4.90 Å². The molecule has 2 saturated heterocycles. The molecule has 28 heavy (non-hydrogen) atoms. The van der Waals surface area contributed by atoms with Gasteiger partial charge in [0.25, 0.3) is 10.1 Å². The normalized spacial score (nSPS) is 24.6. The maximum absolute atomic E-state index is 9.19. The zero-order chi connectivity index (χ0) is 20.1. The van der Waals surface area contributed by atoms with Crippen LogP contribution >= 0.6 is 0 Å². The highest BCUT2D eigenvalue weighted by Gasteiger charge is 2.39. The first-order valence-electron chi connectivity index (χ1n) is 9.71. The van der Waals surface area contributed by atoms with Crippen LogP contribution in [0.5, 0.6) is 0 Å². The summed E-state index contributed by atoms with van der Waals surface area (Å²) in [6.45, 7) is 0. The summed E-state index contributed by atoms with van der Waals surface area (Å²) in [6, 6.07) is 22.7. The lowest BCUT2D eigenvalue weighted by Gasteiger charge is -2.38. The molecule has 0 radical (unpaired) electrons. The minimum Gasteiger partial charge on any atom is -0.365 e. The summed E-state index contributed by atoms with van der Waals surface area (Å²) in [5.74, 6) is 0. The first-order valence-corrected chi connectivity index (χ1v) is 11.6. The Morgan fingerprint density at radius 3 is 1.71 bits per heavy atom. The Bertz CT molecular complexity index is 780. The van der Waals surface area contributed by atoms with Gasteiger partial charge in [-0.25, -0.2) is 0 Å². The smallest absolute Gasteiger partial charge is 0.261 e. The van der Waals surface area contributed by atoms with Crippen molar-refractivity contribution in [3.8, 4) is 0 Å². The average Bonchev–Trinajstić information content (AvgIpc) is 2.87. The van der Waals surface area contributed by atoms with Gasteiger partial charge in [-0.05, 0) is 43.9 Å². The van der Waals surface area contributed by atoms with Gasteiger partial charge in [0, 0.05) is 12.1 Å². The van der Waals surface area contributed by atoms with E-state index in [1.807, 2.05) is 0 Å². The zero-order valence-corrected chi connectivity index (χ0v) is 17.3. The van der Waals surface area contributed by atoms with Crippen LogP contribution in [0.4, 0.5) is 0 Å². The van der Waals surface area contributed by atoms with Crippen molar-refractivity contribution in [3.05, 3.63) is 71.8 Å². The summed E-state index contributed by atoms with van der Waals surface area (Å²) < 4.78 is 32.5. The lowest BCUT2D eigenvalue weighted by molar-refractivity contribution is -0.0426. The highest BCUT2D eigenvalue weighted by Crippen LogP contribution is 2.38. The van der Waals surface area contributed by atoms with Crippen molar-refractivity contribution in [3.63, 3.8) is 0 Å². The van der Waals surface area contributed by atoms with Crippen LogP contribution in [0.3, 0.4) is 0 Å². The van der Waals surface area contributed by atoms with E-state index < -0.39 is 10.1 Å². The van der Waals surface area contributed by atoms with E-state index in [0.717, 1.165) is 0 Å². The maximum Gasteiger partial charge on any atom is 0.261 e. The molecule has 2 fully saturated rings. The Hall–Kier alpha value is -1.73. The summed E-state index contributed by atoms with van der Waals surface area (Å²) in [7, 11) is -1.38. The molecule has 0 saturated carbocycles. The second-order valence-corrected chi connectivity index (χ2v) is 9.18. The van der Waals surface area contributed by atoms with Gasteiger partial charge in [0.1, 0.15) is 6.10 Å². The molecule has 2 aromatic rings. The second kappa shape index (κ2) is 9.18. The largest absolute Gasteiger partial charge is 0.365 e. The third kappa shape index (κ3) is 5.88. The van der Waals surface area contributed by atoms with Gasteiger partial charge in [0.05, 0.1) is 12.4 Å². The fourth-order valence-electron chi connectivity index (χ4n) is 4.27. The monoisotopic (exact) mass is 403 g/mol. The van der Waals surface area contributed by atoms with Gasteiger partial charge in [0.2, 0.25) is 0 Å². The number of nitrogens with zero attached hydrogens (tertiary/aromatic N) is 1. The lowest BCUT2D eigenvalue weighted by Crippen LogP contribution is -2.43. The number of benzene rings is 2. The predicted octanol–water partition coefficient (Wildman–Crippen LogP) is 3.92. The molecule has 2 unspecified atom stereocenters. The average molecular weight is 404 g/mol. The Balaban J connectivity index is 0.000000403. The van der Waals surface area contributed by atoms with E-state index in [2.05, 4.69) is 72.6 Å². The van der Waals surface area contributed by atoms with E-state index in [1.54, 1.807) is 0 Å². The van der Waals surface area contributed by atoms with Crippen molar-refractivity contribution >= 4 is 10.1 Å². The van der Waals surface area contributed by atoms with Crippen LogP contribution in [0.2, 0.25) is 0 Å². The van der Waals surface area contributed by atoms with Gasteiger partial charge >= 0.3 is 0 Å². The van der Waals surface area contributed by atoms with E-state index in [-0.39, 0.29) is 6.10 Å². The number of hydrogen-bond acceptors (Lipinski definition) is 4. The summed E-state index contributed by atoms with van der Waals surface area (Å²) in [6.07, 6.45) is 6.14. The van der Waals surface area contributed by atoms with Gasteiger partial charge in [-0.1, -0.05) is 60.7 Å². The highest BCUT2D eigenvalue weighted by atomic mass is 32.2. The van der Waals surface area contributed by atoms with Crippen molar-refractivity contribution < 1.29 is 17.7 Å². The van der Waals surface area contributed by atoms with E-state index in [9.17, 15) is 8.42 Å². The maximum atomic E-state index is 9.19. The molecule has 4 rings (SSSR count). The van der Waals surface area contributed by atoms with Crippen LogP contribution in [-0.2, 0) is 14.9 Å². The summed E-state index contributed by atoms with van der Waals surface area (Å²) in [5, 5.41) is 0. The molecule has 0 amide bonds. The van der Waals surface area contributed by atoms with E-state index in [4.69, 9.17) is 9.29 Å². The Morgan fingerprint density at radius 2 is 1.32 bits per heavy atom.